The van der Waals surface area contributed by atoms with Crippen LogP contribution in [0.15, 0.2) is 12.1 Å². The van der Waals surface area contributed by atoms with Crippen molar-refractivity contribution in [2.45, 2.75) is 32.6 Å². The summed E-state index contributed by atoms with van der Waals surface area (Å²) < 4.78 is 0. The quantitative estimate of drug-likeness (QED) is 0.425. The maximum atomic E-state index is 10.8. The third kappa shape index (κ3) is 5.33. The van der Waals surface area contributed by atoms with E-state index < -0.39 is 10.9 Å². The van der Waals surface area contributed by atoms with Gasteiger partial charge in [0.05, 0.1) is 4.92 Å². The van der Waals surface area contributed by atoms with Crippen LogP contribution < -0.4 is 5.32 Å². The minimum Gasteiger partial charge on any atom is -0.481 e. The fraction of sp³-hybridized carbons (Fsp3) is 0.500. The van der Waals surface area contributed by atoms with Crippen molar-refractivity contribution in [2.24, 2.45) is 0 Å². The molecule has 0 aliphatic rings. The fourth-order valence-corrected chi connectivity index (χ4v) is 1.61. The van der Waals surface area contributed by atoms with Gasteiger partial charge in [-0.05, 0) is 25.8 Å². The van der Waals surface area contributed by atoms with E-state index in [1.54, 1.807) is 13.0 Å². The summed E-state index contributed by atoms with van der Waals surface area (Å²) in [6, 6.07) is 3.02. The van der Waals surface area contributed by atoms with Gasteiger partial charge in [-0.3, -0.25) is 14.9 Å². The Balaban J connectivity index is 2.42. The number of hydrogen-bond donors (Lipinski definition) is 2. The Morgan fingerprint density at radius 2 is 2.16 bits per heavy atom. The highest BCUT2D eigenvalue weighted by atomic mass is 16.6. The number of unbranched alkanes of at least 4 members (excludes halogenated alkanes) is 2. The smallest absolute Gasteiger partial charge is 0.311 e. The molecule has 19 heavy (non-hydrogen) atoms. The monoisotopic (exact) mass is 267 g/mol. The second-order valence-corrected chi connectivity index (χ2v) is 4.21. The summed E-state index contributed by atoms with van der Waals surface area (Å²) >= 11 is 0. The number of carboxylic acids is 1. The fourth-order valence-electron chi connectivity index (χ4n) is 1.61. The summed E-state index contributed by atoms with van der Waals surface area (Å²) in [6.07, 6.45) is 2.28. The van der Waals surface area contributed by atoms with E-state index in [1.165, 1.54) is 6.07 Å². The number of aliphatic carboxylic acids is 1. The van der Waals surface area contributed by atoms with E-state index in [0.29, 0.717) is 18.7 Å². The molecule has 0 saturated heterocycles. The van der Waals surface area contributed by atoms with E-state index in [-0.39, 0.29) is 17.9 Å². The second-order valence-electron chi connectivity index (χ2n) is 4.21. The zero-order valence-electron chi connectivity index (χ0n) is 10.8. The molecule has 0 bridgehead atoms. The second kappa shape index (κ2) is 7.30. The highest BCUT2D eigenvalue weighted by Crippen LogP contribution is 2.21. The maximum Gasteiger partial charge on any atom is 0.311 e. The number of pyridine rings is 1. The van der Waals surface area contributed by atoms with Gasteiger partial charge in [-0.25, -0.2) is 4.98 Å². The predicted molar refractivity (Wildman–Crippen MR) is 70.2 cm³/mol. The molecule has 7 nitrogen and oxygen atoms in total. The molecule has 0 aromatic carbocycles. The van der Waals surface area contributed by atoms with Crippen LogP contribution >= 0.6 is 0 Å². The van der Waals surface area contributed by atoms with Crippen LogP contribution in [0.4, 0.5) is 11.5 Å². The molecule has 2 N–H and O–H groups in total. The molecule has 0 radical (unpaired) electrons. The first kappa shape index (κ1) is 14.9. The maximum absolute atomic E-state index is 10.8. The lowest BCUT2D eigenvalue weighted by Gasteiger charge is -2.06. The summed E-state index contributed by atoms with van der Waals surface area (Å²) in [4.78, 5) is 24.7. The molecule has 7 heteroatoms. The molecule has 1 heterocycles. The first-order chi connectivity index (χ1) is 9.00. The number of rotatable bonds is 8. The summed E-state index contributed by atoms with van der Waals surface area (Å²) in [6.45, 7) is 2.30. The normalized spacial score (nSPS) is 10.2. The number of anilines is 1. The summed E-state index contributed by atoms with van der Waals surface area (Å²) in [5.74, 6) is -0.535. The molecular formula is C12H17N3O4. The Morgan fingerprint density at radius 1 is 1.42 bits per heavy atom. The first-order valence-electron chi connectivity index (χ1n) is 6.08. The lowest BCUT2D eigenvalue weighted by atomic mass is 10.2. The number of nitrogens with zero attached hydrogens (tertiary/aromatic N) is 2. The van der Waals surface area contributed by atoms with Crippen molar-refractivity contribution < 1.29 is 14.8 Å². The van der Waals surface area contributed by atoms with Crippen molar-refractivity contribution in [2.75, 3.05) is 11.9 Å². The van der Waals surface area contributed by atoms with E-state index in [2.05, 4.69) is 10.3 Å². The lowest BCUT2D eigenvalue weighted by Crippen LogP contribution is -2.07. The molecule has 0 amide bonds. The summed E-state index contributed by atoms with van der Waals surface area (Å²) in [7, 11) is 0. The number of aromatic nitrogens is 1. The van der Waals surface area contributed by atoms with Gasteiger partial charge >= 0.3 is 11.7 Å². The molecule has 0 aliphatic heterocycles. The Bertz CT molecular complexity index is 462. The number of nitro groups is 1. The molecular weight excluding hydrogens is 250 g/mol. The van der Waals surface area contributed by atoms with Crippen molar-refractivity contribution >= 4 is 17.5 Å². The van der Waals surface area contributed by atoms with Crippen molar-refractivity contribution in [1.29, 1.82) is 0 Å². The van der Waals surface area contributed by atoms with Gasteiger partial charge in [0, 0.05) is 24.7 Å². The molecule has 0 aliphatic carbocycles. The molecule has 1 rings (SSSR count). The average molecular weight is 267 g/mol. The van der Waals surface area contributed by atoms with Gasteiger partial charge in [0.15, 0.2) is 0 Å². The van der Waals surface area contributed by atoms with Crippen LogP contribution in [-0.2, 0) is 4.79 Å². The molecule has 0 saturated carbocycles. The number of nitrogens with one attached hydrogen (secondary N) is 1. The van der Waals surface area contributed by atoms with Crippen LogP contribution in [0.2, 0.25) is 0 Å². The largest absolute Gasteiger partial charge is 0.481 e. The average Bonchev–Trinajstić information content (AvgIpc) is 2.33. The number of hydrogen-bond acceptors (Lipinski definition) is 5. The lowest BCUT2D eigenvalue weighted by molar-refractivity contribution is -0.384. The van der Waals surface area contributed by atoms with E-state index >= 15 is 0 Å². The zero-order valence-corrected chi connectivity index (χ0v) is 10.8. The van der Waals surface area contributed by atoms with Gasteiger partial charge in [0.2, 0.25) is 5.82 Å². The van der Waals surface area contributed by atoms with Crippen molar-refractivity contribution in [3.8, 4) is 0 Å². The van der Waals surface area contributed by atoms with Gasteiger partial charge in [0.25, 0.3) is 0 Å². The Morgan fingerprint density at radius 3 is 2.79 bits per heavy atom. The van der Waals surface area contributed by atoms with Crippen LogP contribution in [0.5, 0.6) is 0 Å². The van der Waals surface area contributed by atoms with E-state index in [1.807, 2.05) is 0 Å². The predicted octanol–water partition coefficient (Wildman–Crippen LogP) is 2.36. The molecule has 1 aromatic heterocycles. The molecule has 0 spiro atoms. The van der Waals surface area contributed by atoms with Crippen LogP contribution in [0.25, 0.3) is 0 Å². The minimum absolute atomic E-state index is 0.0452. The standard InChI is InChI=1S/C12H17N3O4/c1-9-6-7-10(15(18)19)12(14-9)13-8-4-2-3-5-11(16)17/h6-7H,2-5,8H2,1H3,(H,13,14)(H,16,17). The van der Waals surface area contributed by atoms with Gasteiger partial charge in [-0.1, -0.05) is 6.42 Å². The van der Waals surface area contributed by atoms with Crippen molar-refractivity contribution in [3.63, 3.8) is 0 Å². The van der Waals surface area contributed by atoms with E-state index in [9.17, 15) is 14.9 Å². The Hall–Kier alpha value is -2.18. The Labute approximate surface area is 110 Å². The van der Waals surface area contributed by atoms with E-state index in [4.69, 9.17) is 5.11 Å². The van der Waals surface area contributed by atoms with Crippen LogP contribution in [0.3, 0.4) is 0 Å². The topological polar surface area (TPSA) is 105 Å². The van der Waals surface area contributed by atoms with Gasteiger partial charge in [-0.15, -0.1) is 0 Å². The van der Waals surface area contributed by atoms with Crippen molar-refractivity contribution in [3.05, 3.63) is 27.9 Å². The number of carbonyl (C=O) groups is 1. The van der Waals surface area contributed by atoms with Gasteiger partial charge < -0.3 is 10.4 Å². The third-order valence-electron chi connectivity index (χ3n) is 2.57. The summed E-state index contributed by atoms with van der Waals surface area (Å²) in [5, 5.41) is 22.2. The molecule has 1 aromatic rings. The number of carboxylic acid groups (broad SMARTS) is 1. The first-order valence-corrected chi connectivity index (χ1v) is 6.08. The van der Waals surface area contributed by atoms with Crippen molar-refractivity contribution in [1.82, 2.24) is 4.98 Å². The van der Waals surface area contributed by atoms with E-state index in [0.717, 1.165) is 12.8 Å². The SMILES string of the molecule is Cc1ccc([N+](=O)[O-])c(NCCCCCC(=O)O)n1. The molecule has 0 unspecified atom stereocenters. The minimum atomic E-state index is -0.802. The third-order valence-corrected chi connectivity index (χ3v) is 2.57. The Kier molecular flexibility index (Phi) is 5.72. The zero-order chi connectivity index (χ0) is 14.3. The summed E-state index contributed by atoms with van der Waals surface area (Å²) in [5.41, 5.74) is 0.662. The van der Waals surface area contributed by atoms with Crippen LogP contribution in [-0.4, -0.2) is 27.5 Å². The number of aryl methyl sites for hydroxylation is 1. The van der Waals surface area contributed by atoms with Crippen LogP contribution in [0.1, 0.15) is 31.4 Å². The molecule has 104 valence electrons. The van der Waals surface area contributed by atoms with Gasteiger partial charge in [-0.2, -0.15) is 0 Å². The highest BCUT2D eigenvalue weighted by Gasteiger charge is 2.14. The molecule has 0 atom stereocenters. The van der Waals surface area contributed by atoms with Crippen LogP contribution in [0, 0.1) is 17.0 Å². The molecule has 0 fully saturated rings. The highest BCUT2D eigenvalue weighted by molar-refractivity contribution is 5.66. The van der Waals surface area contributed by atoms with Gasteiger partial charge in [0.1, 0.15) is 0 Å².